The molecule has 5 heteroatoms. The normalized spacial score (nSPS) is 22.6. The van der Waals surface area contributed by atoms with E-state index in [1.165, 1.54) is 0 Å². The molecule has 0 N–H and O–H groups in total. The van der Waals surface area contributed by atoms with Gasteiger partial charge in [0.25, 0.3) is 0 Å². The van der Waals surface area contributed by atoms with Crippen LogP contribution in [-0.4, -0.2) is 33.9 Å². The van der Waals surface area contributed by atoms with Crippen molar-refractivity contribution in [1.82, 2.24) is 15.0 Å². The van der Waals surface area contributed by atoms with Gasteiger partial charge < -0.3 is 4.52 Å². The second kappa shape index (κ2) is 4.74. The molecule has 0 saturated carbocycles. The minimum atomic E-state index is 0.127. The number of nitrogens with zero attached hydrogens (tertiary/aromatic N) is 3. The molecule has 0 amide bonds. The van der Waals surface area contributed by atoms with Gasteiger partial charge in [-0.05, 0) is 0 Å². The molecule has 0 aromatic carbocycles. The third-order valence-electron chi connectivity index (χ3n) is 2.94. The minimum absolute atomic E-state index is 0.127. The van der Waals surface area contributed by atoms with Crippen LogP contribution >= 0.6 is 0 Å². The summed E-state index contributed by atoms with van der Waals surface area (Å²) in [6.07, 6.45) is 1.42. The number of carbonyl (C=O) groups excluding carboxylic acids is 1. The van der Waals surface area contributed by atoms with Crippen LogP contribution < -0.4 is 0 Å². The van der Waals surface area contributed by atoms with E-state index in [-0.39, 0.29) is 5.92 Å². The Bertz CT molecular complexity index is 375. The van der Waals surface area contributed by atoms with Gasteiger partial charge in [-0.25, -0.2) is 0 Å². The van der Waals surface area contributed by atoms with Gasteiger partial charge in [-0.2, -0.15) is 4.98 Å². The molecule has 2 rings (SSSR count). The SMILES string of the molecule is CCc1noc(CN2CCC(=O)C(C)C2)n1. The van der Waals surface area contributed by atoms with Gasteiger partial charge >= 0.3 is 0 Å². The van der Waals surface area contributed by atoms with Crippen LogP contribution in [0, 0.1) is 5.92 Å². The lowest BCUT2D eigenvalue weighted by Gasteiger charge is -2.28. The second-order valence-electron chi connectivity index (χ2n) is 4.31. The molecular weight excluding hydrogens is 206 g/mol. The molecule has 1 aromatic rings. The van der Waals surface area contributed by atoms with Crippen LogP contribution in [0.1, 0.15) is 32.0 Å². The van der Waals surface area contributed by atoms with Crippen LogP contribution in [0.4, 0.5) is 0 Å². The van der Waals surface area contributed by atoms with Crippen molar-refractivity contribution < 1.29 is 9.32 Å². The maximum Gasteiger partial charge on any atom is 0.240 e. The summed E-state index contributed by atoms with van der Waals surface area (Å²) in [6.45, 7) is 6.22. The largest absolute Gasteiger partial charge is 0.338 e. The zero-order valence-electron chi connectivity index (χ0n) is 9.77. The maximum atomic E-state index is 11.4. The average molecular weight is 223 g/mol. The van der Waals surface area contributed by atoms with Gasteiger partial charge in [-0.15, -0.1) is 0 Å². The van der Waals surface area contributed by atoms with Gasteiger partial charge in [-0.1, -0.05) is 19.0 Å². The number of carbonyl (C=O) groups is 1. The summed E-state index contributed by atoms with van der Waals surface area (Å²) in [5, 5.41) is 3.85. The van der Waals surface area contributed by atoms with E-state index in [0.717, 1.165) is 25.3 Å². The summed E-state index contributed by atoms with van der Waals surface area (Å²) in [4.78, 5) is 17.8. The van der Waals surface area contributed by atoms with Crippen molar-refractivity contribution >= 4 is 5.78 Å². The monoisotopic (exact) mass is 223 g/mol. The molecule has 5 nitrogen and oxygen atoms in total. The van der Waals surface area contributed by atoms with Crippen LogP contribution in [0.15, 0.2) is 4.52 Å². The fourth-order valence-corrected chi connectivity index (χ4v) is 1.93. The Morgan fingerprint density at radius 3 is 3.00 bits per heavy atom. The number of likely N-dealkylation sites (tertiary alicyclic amines) is 1. The number of rotatable bonds is 3. The molecule has 2 heterocycles. The quantitative estimate of drug-likeness (QED) is 0.766. The summed E-state index contributed by atoms with van der Waals surface area (Å²) >= 11 is 0. The summed E-state index contributed by atoms with van der Waals surface area (Å²) < 4.78 is 5.13. The van der Waals surface area contributed by atoms with Crippen LogP contribution in [0.2, 0.25) is 0 Å². The summed E-state index contributed by atoms with van der Waals surface area (Å²) in [5.74, 6) is 1.88. The highest BCUT2D eigenvalue weighted by Gasteiger charge is 2.24. The highest BCUT2D eigenvalue weighted by atomic mass is 16.5. The van der Waals surface area contributed by atoms with Gasteiger partial charge in [0.15, 0.2) is 5.82 Å². The van der Waals surface area contributed by atoms with Gasteiger partial charge in [0.2, 0.25) is 5.89 Å². The molecule has 0 radical (unpaired) electrons. The van der Waals surface area contributed by atoms with E-state index in [4.69, 9.17) is 4.52 Å². The van der Waals surface area contributed by atoms with Crippen molar-refractivity contribution in [2.75, 3.05) is 13.1 Å². The van der Waals surface area contributed by atoms with Gasteiger partial charge in [-0.3, -0.25) is 9.69 Å². The second-order valence-corrected chi connectivity index (χ2v) is 4.31. The van der Waals surface area contributed by atoms with Crippen molar-refractivity contribution in [3.63, 3.8) is 0 Å². The Balaban J connectivity index is 1.92. The maximum absolute atomic E-state index is 11.4. The van der Waals surface area contributed by atoms with E-state index < -0.39 is 0 Å². The highest BCUT2D eigenvalue weighted by Crippen LogP contribution is 2.14. The zero-order valence-corrected chi connectivity index (χ0v) is 9.77. The van der Waals surface area contributed by atoms with E-state index >= 15 is 0 Å². The average Bonchev–Trinajstić information content (AvgIpc) is 2.71. The van der Waals surface area contributed by atoms with E-state index in [2.05, 4.69) is 15.0 Å². The van der Waals surface area contributed by atoms with Crippen molar-refractivity contribution in [3.8, 4) is 0 Å². The van der Waals surface area contributed by atoms with E-state index in [1.807, 2.05) is 13.8 Å². The van der Waals surface area contributed by atoms with Crippen molar-refractivity contribution in [2.24, 2.45) is 5.92 Å². The first kappa shape index (κ1) is 11.3. The molecule has 1 unspecified atom stereocenters. The number of aryl methyl sites for hydroxylation is 1. The summed E-state index contributed by atoms with van der Waals surface area (Å²) in [6, 6.07) is 0. The predicted molar refractivity (Wildman–Crippen MR) is 57.7 cm³/mol. The predicted octanol–water partition coefficient (Wildman–Crippen LogP) is 1.04. The topological polar surface area (TPSA) is 59.2 Å². The number of piperidine rings is 1. The smallest absolute Gasteiger partial charge is 0.240 e. The number of Topliss-reactive ketones (excluding diaryl/α,β-unsaturated/α-hetero) is 1. The lowest BCUT2D eigenvalue weighted by molar-refractivity contribution is -0.125. The van der Waals surface area contributed by atoms with Crippen LogP contribution in [0.5, 0.6) is 0 Å². The number of hydrogen-bond acceptors (Lipinski definition) is 5. The van der Waals surface area contributed by atoms with Crippen LogP contribution in [-0.2, 0) is 17.8 Å². The molecule has 1 aliphatic rings. The van der Waals surface area contributed by atoms with Crippen molar-refractivity contribution in [1.29, 1.82) is 0 Å². The fraction of sp³-hybridized carbons (Fsp3) is 0.727. The van der Waals surface area contributed by atoms with Gasteiger partial charge in [0.1, 0.15) is 5.78 Å². The first-order chi connectivity index (χ1) is 7.69. The van der Waals surface area contributed by atoms with Crippen molar-refractivity contribution in [3.05, 3.63) is 11.7 Å². The number of ketones is 1. The standard InChI is InChI=1S/C11H17N3O2/c1-3-10-12-11(16-13-10)7-14-5-4-9(15)8(2)6-14/h8H,3-7H2,1-2H3. The van der Waals surface area contributed by atoms with Gasteiger partial charge in [0.05, 0.1) is 6.54 Å². The Hall–Kier alpha value is -1.23. The Labute approximate surface area is 94.8 Å². The molecule has 1 atom stereocenters. The molecule has 16 heavy (non-hydrogen) atoms. The fourth-order valence-electron chi connectivity index (χ4n) is 1.93. The lowest BCUT2D eigenvalue weighted by Crippen LogP contribution is -2.39. The number of aromatic nitrogens is 2. The Kier molecular flexibility index (Phi) is 3.33. The van der Waals surface area contributed by atoms with Gasteiger partial charge in [0, 0.05) is 31.8 Å². The zero-order chi connectivity index (χ0) is 11.5. The molecule has 1 aromatic heterocycles. The molecular formula is C11H17N3O2. The van der Waals surface area contributed by atoms with Crippen LogP contribution in [0.25, 0.3) is 0 Å². The van der Waals surface area contributed by atoms with E-state index in [0.29, 0.717) is 24.6 Å². The highest BCUT2D eigenvalue weighted by molar-refractivity contribution is 5.81. The molecule has 88 valence electrons. The minimum Gasteiger partial charge on any atom is -0.338 e. The molecule has 0 spiro atoms. The molecule has 1 aliphatic heterocycles. The molecule has 0 aliphatic carbocycles. The molecule has 0 bridgehead atoms. The summed E-state index contributed by atoms with van der Waals surface area (Å²) in [7, 11) is 0. The molecule has 1 saturated heterocycles. The number of hydrogen-bond donors (Lipinski definition) is 0. The van der Waals surface area contributed by atoms with E-state index in [1.54, 1.807) is 0 Å². The third kappa shape index (κ3) is 2.47. The first-order valence-electron chi connectivity index (χ1n) is 5.75. The van der Waals surface area contributed by atoms with Crippen LogP contribution in [0.3, 0.4) is 0 Å². The third-order valence-corrected chi connectivity index (χ3v) is 2.94. The van der Waals surface area contributed by atoms with Crippen molar-refractivity contribution in [2.45, 2.75) is 33.2 Å². The lowest BCUT2D eigenvalue weighted by atomic mass is 9.99. The first-order valence-corrected chi connectivity index (χ1v) is 5.75. The Morgan fingerprint density at radius 2 is 2.38 bits per heavy atom. The Morgan fingerprint density at radius 1 is 1.56 bits per heavy atom. The van der Waals surface area contributed by atoms with E-state index in [9.17, 15) is 4.79 Å². The molecule has 1 fully saturated rings. The summed E-state index contributed by atoms with van der Waals surface area (Å²) in [5.41, 5.74) is 0.